The van der Waals surface area contributed by atoms with Crippen LogP contribution in [0.4, 0.5) is 0 Å². The summed E-state index contributed by atoms with van der Waals surface area (Å²) in [5.74, 6) is -2.17. The molecule has 0 saturated carbocycles. The molecule has 13 heavy (non-hydrogen) atoms. The molecule has 74 valence electrons. The van der Waals surface area contributed by atoms with E-state index in [0.29, 0.717) is 0 Å². The molecule has 0 aromatic rings. The summed E-state index contributed by atoms with van der Waals surface area (Å²) < 4.78 is 0. The Balaban J connectivity index is 3.82. The zero-order valence-electron chi connectivity index (χ0n) is 7.24. The normalized spacial score (nSPS) is 11.8. The lowest BCUT2D eigenvalue weighted by Crippen LogP contribution is -2.42. The van der Waals surface area contributed by atoms with E-state index < -0.39 is 23.8 Å². The third-order valence-electron chi connectivity index (χ3n) is 1.31. The van der Waals surface area contributed by atoms with Crippen LogP contribution in [0.25, 0.3) is 0 Å². The average Bonchev–Trinajstić information content (AvgIpc) is 1.98. The van der Waals surface area contributed by atoms with Crippen LogP contribution in [0.1, 0.15) is 19.8 Å². The van der Waals surface area contributed by atoms with Crippen molar-refractivity contribution in [1.29, 1.82) is 0 Å². The van der Waals surface area contributed by atoms with Gasteiger partial charge in [-0.15, -0.1) is 0 Å². The van der Waals surface area contributed by atoms with Crippen LogP contribution in [0.15, 0.2) is 0 Å². The van der Waals surface area contributed by atoms with Crippen LogP contribution in [0.3, 0.4) is 0 Å². The molecule has 6 nitrogen and oxygen atoms in total. The zero-order valence-corrected chi connectivity index (χ0v) is 7.24. The average molecular weight is 188 g/mol. The third-order valence-corrected chi connectivity index (χ3v) is 1.31. The lowest BCUT2D eigenvalue weighted by atomic mass is 10.1. The van der Waals surface area contributed by atoms with E-state index in [1.54, 1.807) is 0 Å². The fourth-order valence-electron chi connectivity index (χ4n) is 0.676. The molecule has 1 atom stereocenters. The molecule has 0 unspecified atom stereocenters. The zero-order chi connectivity index (χ0) is 10.4. The first kappa shape index (κ1) is 11.6. The number of carbonyl (C=O) groups is 3. The van der Waals surface area contributed by atoms with E-state index in [-0.39, 0.29) is 12.8 Å². The maximum Gasteiger partial charge on any atom is 0.303 e. The number of imide groups is 1. The molecule has 6 heteroatoms. The molecular weight excluding hydrogens is 176 g/mol. The molecule has 0 bridgehead atoms. The van der Waals surface area contributed by atoms with Crippen LogP contribution in [0, 0.1) is 0 Å². The van der Waals surface area contributed by atoms with Gasteiger partial charge in [0.05, 0.1) is 6.04 Å². The molecule has 0 aliphatic heterocycles. The van der Waals surface area contributed by atoms with Crippen LogP contribution >= 0.6 is 0 Å². The van der Waals surface area contributed by atoms with E-state index in [4.69, 9.17) is 10.8 Å². The highest BCUT2D eigenvalue weighted by molar-refractivity contribution is 5.96. The van der Waals surface area contributed by atoms with Crippen LogP contribution in [0.5, 0.6) is 0 Å². The number of rotatable bonds is 4. The van der Waals surface area contributed by atoms with Gasteiger partial charge in [-0.3, -0.25) is 19.7 Å². The van der Waals surface area contributed by atoms with Gasteiger partial charge in [0.15, 0.2) is 0 Å². The SMILES string of the molecule is CC(=O)NC(=O)[C@@H](N)CCC(=O)O. The highest BCUT2D eigenvalue weighted by Crippen LogP contribution is 1.94. The smallest absolute Gasteiger partial charge is 0.303 e. The van der Waals surface area contributed by atoms with Crippen molar-refractivity contribution in [2.45, 2.75) is 25.8 Å². The minimum atomic E-state index is -1.02. The molecule has 4 N–H and O–H groups in total. The summed E-state index contributed by atoms with van der Waals surface area (Å²) >= 11 is 0. The van der Waals surface area contributed by atoms with Crippen LogP contribution in [-0.2, 0) is 14.4 Å². The number of hydrogen-bond donors (Lipinski definition) is 3. The number of aliphatic carboxylic acids is 1. The van der Waals surface area contributed by atoms with Crippen molar-refractivity contribution in [3.8, 4) is 0 Å². The van der Waals surface area contributed by atoms with Gasteiger partial charge in [0.1, 0.15) is 0 Å². The maximum absolute atomic E-state index is 10.9. The van der Waals surface area contributed by atoms with Gasteiger partial charge in [-0.25, -0.2) is 0 Å². The summed E-state index contributed by atoms with van der Waals surface area (Å²) in [5, 5.41) is 10.2. The highest BCUT2D eigenvalue weighted by atomic mass is 16.4. The van der Waals surface area contributed by atoms with Crippen LogP contribution in [0.2, 0.25) is 0 Å². The van der Waals surface area contributed by atoms with Gasteiger partial charge in [0.2, 0.25) is 11.8 Å². The van der Waals surface area contributed by atoms with Crippen molar-refractivity contribution in [3.63, 3.8) is 0 Å². The lowest BCUT2D eigenvalue weighted by Gasteiger charge is -2.08. The lowest BCUT2D eigenvalue weighted by molar-refractivity contribution is -0.137. The van der Waals surface area contributed by atoms with Gasteiger partial charge >= 0.3 is 5.97 Å². The molecule has 0 saturated heterocycles. The molecule has 0 aliphatic carbocycles. The minimum absolute atomic E-state index is 0.0223. The number of nitrogens with two attached hydrogens (primary N) is 1. The fraction of sp³-hybridized carbons (Fsp3) is 0.571. The van der Waals surface area contributed by atoms with Crippen molar-refractivity contribution in [2.24, 2.45) is 5.73 Å². The molecular formula is C7H12N2O4. The molecule has 0 heterocycles. The minimum Gasteiger partial charge on any atom is -0.481 e. The Kier molecular flexibility index (Phi) is 4.68. The fourth-order valence-corrected chi connectivity index (χ4v) is 0.676. The third kappa shape index (κ3) is 5.80. The molecule has 0 aromatic heterocycles. The summed E-state index contributed by atoms with van der Waals surface area (Å²) in [5.41, 5.74) is 5.29. The standard InChI is InChI=1S/C7H12N2O4/c1-4(10)9-7(13)5(8)2-3-6(11)12/h5H,2-3,8H2,1H3,(H,11,12)(H,9,10,13)/t5-/m0/s1. The Bertz CT molecular complexity index is 227. The second-order valence-electron chi connectivity index (χ2n) is 2.58. The van der Waals surface area contributed by atoms with E-state index in [2.05, 4.69) is 0 Å². The van der Waals surface area contributed by atoms with Gasteiger partial charge in [0.25, 0.3) is 0 Å². The summed E-state index contributed by atoms with van der Waals surface area (Å²) in [4.78, 5) is 31.4. The first-order valence-electron chi connectivity index (χ1n) is 3.72. The van der Waals surface area contributed by atoms with E-state index in [9.17, 15) is 14.4 Å². The Labute approximate surface area is 75.1 Å². The number of carboxylic acid groups (broad SMARTS) is 1. The second kappa shape index (κ2) is 5.26. The quantitative estimate of drug-likeness (QED) is 0.515. The van der Waals surface area contributed by atoms with Gasteiger partial charge in [0, 0.05) is 13.3 Å². The first-order chi connectivity index (χ1) is 5.93. The molecule has 0 aliphatic rings. The van der Waals surface area contributed by atoms with Crippen molar-refractivity contribution >= 4 is 17.8 Å². The first-order valence-corrected chi connectivity index (χ1v) is 3.72. The Morgan fingerprint density at radius 3 is 2.38 bits per heavy atom. The van der Waals surface area contributed by atoms with Crippen LogP contribution < -0.4 is 11.1 Å². The Hall–Kier alpha value is -1.43. The van der Waals surface area contributed by atoms with E-state index >= 15 is 0 Å². The van der Waals surface area contributed by atoms with E-state index in [1.807, 2.05) is 5.32 Å². The van der Waals surface area contributed by atoms with E-state index in [1.165, 1.54) is 6.92 Å². The maximum atomic E-state index is 10.9. The molecule has 2 amide bonds. The summed E-state index contributed by atoms with van der Waals surface area (Å²) in [6, 6.07) is -0.944. The van der Waals surface area contributed by atoms with Crippen molar-refractivity contribution in [1.82, 2.24) is 5.32 Å². The van der Waals surface area contributed by atoms with Gasteiger partial charge in [-0.05, 0) is 6.42 Å². The molecule has 0 aromatic carbocycles. The Morgan fingerprint density at radius 1 is 1.46 bits per heavy atom. The summed E-state index contributed by atoms with van der Waals surface area (Å²) in [7, 11) is 0. The van der Waals surface area contributed by atoms with Gasteiger partial charge in [-0.1, -0.05) is 0 Å². The molecule has 0 rings (SSSR count). The predicted octanol–water partition coefficient (Wildman–Crippen LogP) is -1.16. The molecule has 0 radical (unpaired) electrons. The van der Waals surface area contributed by atoms with Gasteiger partial charge < -0.3 is 10.8 Å². The number of nitrogens with one attached hydrogen (secondary N) is 1. The number of hydrogen-bond acceptors (Lipinski definition) is 4. The second-order valence-corrected chi connectivity index (χ2v) is 2.58. The topological polar surface area (TPSA) is 109 Å². The van der Waals surface area contributed by atoms with E-state index in [0.717, 1.165) is 0 Å². The summed E-state index contributed by atoms with van der Waals surface area (Å²) in [6.45, 7) is 1.18. The number of carboxylic acids is 1. The monoisotopic (exact) mass is 188 g/mol. The highest BCUT2D eigenvalue weighted by Gasteiger charge is 2.15. The predicted molar refractivity (Wildman–Crippen MR) is 43.7 cm³/mol. The summed E-state index contributed by atoms with van der Waals surface area (Å²) in [6.07, 6.45) is -0.166. The van der Waals surface area contributed by atoms with Gasteiger partial charge in [-0.2, -0.15) is 0 Å². The van der Waals surface area contributed by atoms with Crippen LogP contribution in [-0.4, -0.2) is 28.9 Å². The van der Waals surface area contributed by atoms with Crippen molar-refractivity contribution in [2.75, 3.05) is 0 Å². The number of carbonyl (C=O) groups excluding carboxylic acids is 2. The molecule has 0 fully saturated rings. The largest absolute Gasteiger partial charge is 0.481 e. The van der Waals surface area contributed by atoms with Crippen molar-refractivity contribution < 1.29 is 19.5 Å². The molecule has 0 spiro atoms. The number of amides is 2. The Morgan fingerprint density at radius 2 is 2.00 bits per heavy atom. The van der Waals surface area contributed by atoms with Crippen molar-refractivity contribution in [3.05, 3.63) is 0 Å².